The maximum Gasteiger partial charge on any atom is 0.414 e. The highest BCUT2D eigenvalue weighted by atomic mass is 19.1. The summed E-state index contributed by atoms with van der Waals surface area (Å²) in [5.41, 5.74) is 10.1. The van der Waals surface area contributed by atoms with Crippen molar-refractivity contribution in [3.8, 4) is 0 Å². The van der Waals surface area contributed by atoms with E-state index in [9.17, 15) is 37.5 Å². The van der Waals surface area contributed by atoms with Crippen molar-refractivity contribution in [3.63, 3.8) is 0 Å². The number of carbonyl (C=O) groups excluding carboxylic acids is 6. The molecule has 0 spiro atoms. The van der Waals surface area contributed by atoms with Crippen LogP contribution in [0, 0.1) is 25.5 Å². The van der Waals surface area contributed by atoms with Gasteiger partial charge in [0.25, 0.3) is 11.8 Å². The van der Waals surface area contributed by atoms with Gasteiger partial charge in [-0.25, -0.2) is 28.0 Å². The zero-order chi connectivity index (χ0) is 48.5. The highest BCUT2D eigenvalue weighted by Crippen LogP contribution is 2.30. The molecule has 0 unspecified atom stereocenters. The number of cyclic esters (lactones) is 2. The average Bonchev–Trinajstić information content (AvgIpc) is 3.94. The van der Waals surface area contributed by atoms with Crippen LogP contribution in [0.1, 0.15) is 45.2 Å². The second-order valence-corrected chi connectivity index (χ2v) is 16.8. The first kappa shape index (κ1) is 48.6. The van der Waals surface area contributed by atoms with Crippen molar-refractivity contribution in [2.45, 2.75) is 39.4 Å². The number of carbonyl (C=O) groups is 6. The Balaban J connectivity index is 0.000000201. The molecule has 4 heterocycles. The fourth-order valence-corrected chi connectivity index (χ4v) is 8.02. The van der Waals surface area contributed by atoms with E-state index in [4.69, 9.17) is 24.7 Å². The third-order valence-corrected chi connectivity index (χ3v) is 12.1. The second-order valence-electron chi connectivity index (χ2n) is 16.8. The Hall–Kier alpha value is -7.28. The maximum absolute atomic E-state index is 14.9. The van der Waals surface area contributed by atoms with E-state index in [1.807, 2.05) is 42.7 Å². The number of amides is 4. The molecule has 8 rings (SSSR count). The van der Waals surface area contributed by atoms with E-state index in [1.165, 1.54) is 21.9 Å². The summed E-state index contributed by atoms with van der Waals surface area (Å²) in [5, 5.41) is 0. The topological polar surface area (TPSA) is 185 Å². The van der Waals surface area contributed by atoms with Crippen LogP contribution in [-0.2, 0) is 28.5 Å². The lowest BCUT2D eigenvalue weighted by atomic mass is 10.1. The first-order valence-electron chi connectivity index (χ1n) is 22.5. The van der Waals surface area contributed by atoms with E-state index >= 15 is 0 Å². The van der Waals surface area contributed by atoms with Crippen molar-refractivity contribution in [2.24, 2.45) is 5.73 Å². The third-order valence-electron chi connectivity index (χ3n) is 12.1. The highest BCUT2D eigenvalue weighted by molar-refractivity contribution is 5.93. The van der Waals surface area contributed by atoms with Gasteiger partial charge >= 0.3 is 24.1 Å². The Morgan fingerprint density at radius 3 is 1.31 bits per heavy atom. The van der Waals surface area contributed by atoms with Gasteiger partial charge in [-0.05, 0) is 80.9 Å². The Kier molecular flexibility index (Phi) is 15.7. The molecule has 4 aromatic carbocycles. The van der Waals surface area contributed by atoms with E-state index in [0.717, 1.165) is 11.1 Å². The van der Waals surface area contributed by atoms with E-state index in [0.29, 0.717) is 99.2 Å². The largest absolute Gasteiger partial charge is 0.452 e. The van der Waals surface area contributed by atoms with Crippen molar-refractivity contribution in [1.82, 2.24) is 9.80 Å². The van der Waals surface area contributed by atoms with Crippen LogP contribution < -0.4 is 25.3 Å². The fourth-order valence-electron chi connectivity index (χ4n) is 8.02. The lowest BCUT2D eigenvalue weighted by molar-refractivity contribution is -0.135. The Morgan fingerprint density at radius 1 is 0.588 bits per heavy atom. The number of nitrogens with two attached hydrogens (primary N) is 1. The van der Waals surface area contributed by atoms with Crippen LogP contribution in [0.25, 0.3) is 0 Å². The lowest BCUT2D eigenvalue weighted by Gasteiger charge is -2.36. The first-order valence-corrected chi connectivity index (χ1v) is 22.5. The normalized spacial score (nSPS) is 18.1. The van der Waals surface area contributed by atoms with Gasteiger partial charge in [0.05, 0.1) is 47.0 Å². The fraction of sp³-hybridized carbons (Fsp3) is 0.388. The number of hydrogen-bond donors (Lipinski definition) is 1. The van der Waals surface area contributed by atoms with Crippen LogP contribution in [0.2, 0.25) is 0 Å². The van der Waals surface area contributed by atoms with Crippen molar-refractivity contribution in [1.29, 1.82) is 0 Å². The predicted molar refractivity (Wildman–Crippen MR) is 248 cm³/mol. The van der Waals surface area contributed by atoms with Crippen LogP contribution in [0.15, 0.2) is 84.9 Å². The molecule has 4 amide bonds. The Labute approximate surface area is 392 Å². The number of benzene rings is 4. The molecular formula is C49H55F2N7O10. The summed E-state index contributed by atoms with van der Waals surface area (Å²) in [6.07, 6.45) is -0.891. The minimum Gasteiger partial charge on any atom is -0.452 e. The molecule has 4 aliphatic rings. The summed E-state index contributed by atoms with van der Waals surface area (Å²) in [4.78, 5) is 82.9. The van der Waals surface area contributed by atoms with Crippen molar-refractivity contribution in [3.05, 3.63) is 119 Å². The van der Waals surface area contributed by atoms with Gasteiger partial charge in [-0.1, -0.05) is 42.3 Å². The number of anilines is 4. The Morgan fingerprint density at radius 2 is 0.971 bits per heavy atom. The minimum atomic E-state index is -0.547. The first-order chi connectivity index (χ1) is 32.7. The van der Waals surface area contributed by atoms with Crippen molar-refractivity contribution in [2.75, 3.05) is 105 Å². The molecular weight excluding hydrogens is 885 g/mol. The number of esters is 2. The maximum atomic E-state index is 14.9. The molecule has 0 aromatic heterocycles. The number of nitrogens with zero attached hydrogens (tertiary/aromatic N) is 6. The molecule has 0 bridgehead atoms. The van der Waals surface area contributed by atoms with Crippen LogP contribution in [0.5, 0.6) is 0 Å². The molecule has 360 valence electrons. The van der Waals surface area contributed by atoms with E-state index in [-0.39, 0.29) is 44.2 Å². The quantitative estimate of drug-likeness (QED) is 0.143. The molecule has 0 saturated carbocycles. The minimum absolute atomic E-state index is 0.183. The summed E-state index contributed by atoms with van der Waals surface area (Å²) in [6.45, 7) is 9.25. The molecule has 4 fully saturated rings. The second kappa shape index (κ2) is 22.0. The average molecular weight is 940 g/mol. The summed E-state index contributed by atoms with van der Waals surface area (Å²) >= 11 is 0. The zero-order valence-corrected chi connectivity index (χ0v) is 38.2. The number of rotatable bonds is 12. The lowest BCUT2D eigenvalue weighted by Crippen LogP contribution is -2.50. The van der Waals surface area contributed by atoms with Gasteiger partial charge in [0.1, 0.15) is 23.8 Å². The summed E-state index contributed by atoms with van der Waals surface area (Å²) in [7, 11) is 0. The molecule has 2 N–H and O–H groups in total. The molecule has 4 aliphatic heterocycles. The van der Waals surface area contributed by atoms with Gasteiger partial charge in [0.2, 0.25) is 0 Å². The van der Waals surface area contributed by atoms with Gasteiger partial charge in [0.15, 0.2) is 13.2 Å². The molecule has 0 radical (unpaired) electrons. The van der Waals surface area contributed by atoms with Crippen molar-refractivity contribution >= 4 is 58.7 Å². The Bertz CT molecular complexity index is 2310. The van der Waals surface area contributed by atoms with Crippen LogP contribution in [0.3, 0.4) is 0 Å². The monoisotopic (exact) mass is 939 g/mol. The molecule has 17 nitrogen and oxygen atoms in total. The standard InChI is InChI=1S/C25H28FN3O5.C24H27FN4O5/c1-3-20-15-29(25(32)34-20)19-8-9-22(21(26)14-19)27-10-12-28(13-11-27)23(30)16-33-24(31)18-6-4-17(2)5-7-18;1-16-2-4-17(5-3-16)23(31)33-15-22(30)28-10-8-27(9-11-28)21-7-6-18(12-20(21)25)29-14-19(13-26)34-24(29)32/h4-9,14,20H,3,10-13,15-16H2,1-2H3;2-7,12,19H,8-11,13-15,26H2,1H3/t20-;19-/m00/s1. The van der Waals surface area contributed by atoms with Gasteiger partial charge in [-0.3, -0.25) is 19.4 Å². The van der Waals surface area contributed by atoms with E-state index in [1.54, 1.807) is 70.5 Å². The van der Waals surface area contributed by atoms with Crippen LogP contribution in [-0.4, -0.2) is 143 Å². The number of hydrogen-bond acceptors (Lipinski definition) is 13. The van der Waals surface area contributed by atoms with E-state index < -0.39 is 41.9 Å². The number of aryl methyl sites for hydroxylation is 2. The van der Waals surface area contributed by atoms with Crippen molar-refractivity contribution < 1.29 is 56.5 Å². The van der Waals surface area contributed by atoms with Gasteiger partial charge in [-0.15, -0.1) is 0 Å². The highest BCUT2D eigenvalue weighted by Gasteiger charge is 2.34. The summed E-state index contributed by atoms with van der Waals surface area (Å²) in [6, 6.07) is 23.2. The number of halogens is 2. The third kappa shape index (κ3) is 11.8. The summed E-state index contributed by atoms with van der Waals surface area (Å²) < 4.78 is 50.4. The van der Waals surface area contributed by atoms with Gasteiger partial charge in [0, 0.05) is 58.9 Å². The van der Waals surface area contributed by atoms with E-state index in [2.05, 4.69) is 0 Å². The zero-order valence-electron chi connectivity index (χ0n) is 38.2. The summed E-state index contributed by atoms with van der Waals surface area (Å²) in [5.74, 6) is -2.56. The smallest absolute Gasteiger partial charge is 0.414 e. The molecule has 0 aliphatic carbocycles. The molecule has 4 aromatic rings. The van der Waals surface area contributed by atoms with Gasteiger partial charge in [-0.2, -0.15) is 0 Å². The predicted octanol–water partition coefficient (Wildman–Crippen LogP) is 5.30. The SMILES string of the molecule is CC[C@H]1CN(c2ccc(N3CCN(C(=O)COC(=O)c4ccc(C)cc4)CC3)c(F)c2)C(=O)O1.Cc1ccc(C(=O)OCC(=O)N2CCN(c3ccc(N4C[C@H](CN)OC4=O)cc3F)CC2)cc1. The molecule has 2 atom stereocenters. The van der Waals surface area contributed by atoms with Gasteiger partial charge < -0.3 is 44.3 Å². The molecule has 19 heteroatoms. The molecule has 68 heavy (non-hydrogen) atoms. The number of piperazine rings is 2. The van der Waals surface area contributed by atoms with Crippen LogP contribution >= 0.6 is 0 Å². The molecule has 4 saturated heterocycles. The number of ether oxygens (including phenoxy) is 4. The van der Waals surface area contributed by atoms with Crippen LogP contribution in [0.4, 0.5) is 41.1 Å².